The number of rotatable bonds is 4. The average Bonchev–Trinajstić information content (AvgIpc) is 2.90. The molecule has 0 aliphatic heterocycles. The highest BCUT2D eigenvalue weighted by atomic mass is 79.9. The van der Waals surface area contributed by atoms with Crippen LogP contribution < -0.4 is 5.32 Å². The van der Waals surface area contributed by atoms with Gasteiger partial charge in [0.1, 0.15) is 11.6 Å². The fourth-order valence-corrected chi connectivity index (χ4v) is 2.24. The molecule has 0 aliphatic carbocycles. The van der Waals surface area contributed by atoms with Gasteiger partial charge in [0.2, 0.25) is 5.76 Å². The summed E-state index contributed by atoms with van der Waals surface area (Å²) >= 11 is 3.21. The van der Waals surface area contributed by atoms with E-state index in [0.29, 0.717) is 15.8 Å². The molecular formula is C14H13BrFNO3. The summed E-state index contributed by atoms with van der Waals surface area (Å²) in [4.78, 5) is 11.4. The number of hydrogen-bond acceptors (Lipinski definition) is 4. The highest BCUT2D eigenvalue weighted by molar-refractivity contribution is 9.10. The second-order valence-corrected chi connectivity index (χ2v) is 5.00. The highest BCUT2D eigenvalue weighted by Crippen LogP contribution is 2.27. The lowest BCUT2D eigenvalue weighted by atomic mass is 10.0. The number of carbonyl (C=O) groups excluding carboxylic acids is 1. The zero-order valence-electron chi connectivity index (χ0n) is 10.9. The summed E-state index contributed by atoms with van der Waals surface area (Å²) in [5.41, 5.74) is 0.432. The highest BCUT2D eigenvalue weighted by Gasteiger charge is 2.21. The van der Waals surface area contributed by atoms with Gasteiger partial charge in [-0.15, -0.1) is 0 Å². The Hall–Kier alpha value is -1.66. The zero-order valence-corrected chi connectivity index (χ0v) is 12.5. The standard InChI is InChI=1S/C14H13BrFNO3/c1-17-13(9-4-3-8(15)7-10(9)16)11-5-6-12(20-11)14(18)19-2/h3-7,13,17H,1-2H3. The van der Waals surface area contributed by atoms with Crippen LogP contribution in [0, 0.1) is 5.82 Å². The molecule has 6 heteroatoms. The summed E-state index contributed by atoms with van der Waals surface area (Å²) in [6.07, 6.45) is 0. The minimum atomic E-state index is -0.567. The molecule has 0 aliphatic rings. The van der Waals surface area contributed by atoms with Gasteiger partial charge in [-0.2, -0.15) is 0 Å². The van der Waals surface area contributed by atoms with Gasteiger partial charge in [-0.25, -0.2) is 9.18 Å². The molecule has 2 aromatic rings. The number of nitrogens with one attached hydrogen (secondary N) is 1. The molecule has 1 heterocycles. The van der Waals surface area contributed by atoms with Crippen molar-refractivity contribution in [2.24, 2.45) is 0 Å². The Bertz CT molecular complexity index is 627. The summed E-state index contributed by atoms with van der Waals surface area (Å²) in [7, 11) is 2.96. The molecule has 1 atom stereocenters. The van der Waals surface area contributed by atoms with Crippen LogP contribution in [0.4, 0.5) is 4.39 Å². The number of hydrogen-bond donors (Lipinski definition) is 1. The average molecular weight is 342 g/mol. The van der Waals surface area contributed by atoms with Crippen molar-refractivity contribution < 1.29 is 18.3 Å². The predicted octanol–water partition coefficient (Wildman–Crippen LogP) is 3.28. The molecule has 0 saturated heterocycles. The Morgan fingerprint density at radius 1 is 1.40 bits per heavy atom. The molecule has 0 bridgehead atoms. The third-order valence-electron chi connectivity index (χ3n) is 2.86. The van der Waals surface area contributed by atoms with Gasteiger partial charge in [0.25, 0.3) is 0 Å². The predicted molar refractivity (Wildman–Crippen MR) is 75.1 cm³/mol. The van der Waals surface area contributed by atoms with Crippen molar-refractivity contribution >= 4 is 21.9 Å². The van der Waals surface area contributed by atoms with Gasteiger partial charge in [-0.3, -0.25) is 0 Å². The smallest absolute Gasteiger partial charge is 0.373 e. The minimum Gasteiger partial charge on any atom is -0.463 e. The van der Waals surface area contributed by atoms with Crippen molar-refractivity contribution in [3.63, 3.8) is 0 Å². The van der Waals surface area contributed by atoms with E-state index >= 15 is 0 Å². The van der Waals surface area contributed by atoms with Crippen LogP contribution in [0.15, 0.2) is 39.2 Å². The van der Waals surface area contributed by atoms with E-state index in [1.54, 1.807) is 25.2 Å². The number of furan rings is 1. The van der Waals surface area contributed by atoms with Gasteiger partial charge in [0.15, 0.2) is 0 Å². The second-order valence-electron chi connectivity index (χ2n) is 4.08. The molecule has 0 amide bonds. The lowest BCUT2D eigenvalue weighted by Gasteiger charge is -2.15. The molecule has 0 radical (unpaired) electrons. The molecule has 20 heavy (non-hydrogen) atoms. The molecule has 2 rings (SSSR count). The van der Waals surface area contributed by atoms with Crippen molar-refractivity contribution in [1.82, 2.24) is 5.32 Å². The third kappa shape index (κ3) is 2.91. The molecule has 0 fully saturated rings. The van der Waals surface area contributed by atoms with Gasteiger partial charge >= 0.3 is 5.97 Å². The monoisotopic (exact) mass is 341 g/mol. The number of benzene rings is 1. The first-order valence-corrected chi connectivity index (χ1v) is 6.66. The van der Waals surface area contributed by atoms with Crippen LogP contribution in [0.2, 0.25) is 0 Å². The van der Waals surface area contributed by atoms with E-state index in [1.165, 1.54) is 19.2 Å². The summed E-state index contributed by atoms with van der Waals surface area (Å²) in [5.74, 6) is -0.411. The number of halogens is 2. The molecule has 1 unspecified atom stereocenters. The molecular weight excluding hydrogens is 329 g/mol. The van der Waals surface area contributed by atoms with E-state index in [-0.39, 0.29) is 11.6 Å². The van der Waals surface area contributed by atoms with E-state index in [2.05, 4.69) is 26.0 Å². The Kier molecular flexibility index (Phi) is 4.57. The molecule has 1 aromatic heterocycles. The number of esters is 1. The van der Waals surface area contributed by atoms with Crippen molar-refractivity contribution in [3.05, 3.63) is 57.7 Å². The van der Waals surface area contributed by atoms with E-state index in [9.17, 15) is 9.18 Å². The topological polar surface area (TPSA) is 51.5 Å². The lowest BCUT2D eigenvalue weighted by molar-refractivity contribution is 0.0562. The van der Waals surface area contributed by atoms with Gasteiger partial charge in [-0.05, 0) is 31.3 Å². The molecule has 0 spiro atoms. The van der Waals surface area contributed by atoms with Gasteiger partial charge in [0.05, 0.1) is 13.2 Å². The summed E-state index contributed by atoms with van der Waals surface area (Å²) in [6, 6.07) is 7.41. The maximum atomic E-state index is 14.0. The molecule has 106 valence electrons. The largest absolute Gasteiger partial charge is 0.463 e. The van der Waals surface area contributed by atoms with Crippen molar-refractivity contribution in [2.75, 3.05) is 14.2 Å². The molecule has 1 aromatic carbocycles. The number of methoxy groups -OCH3 is 1. The SMILES string of the molecule is CNC(c1ccc(C(=O)OC)o1)c1ccc(Br)cc1F. The van der Waals surface area contributed by atoms with Crippen molar-refractivity contribution in [2.45, 2.75) is 6.04 Å². The third-order valence-corrected chi connectivity index (χ3v) is 3.35. The van der Waals surface area contributed by atoms with Crippen LogP contribution in [-0.4, -0.2) is 20.1 Å². The van der Waals surface area contributed by atoms with Crippen molar-refractivity contribution in [1.29, 1.82) is 0 Å². The van der Waals surface area contributed by atoms with Crippen LogP contribution in [0.25, 0.3) is 0 Å². The first-order chi connectivity index (χ1) is 9.56. The fourth-order valence-electron chi connectivity index (χ4n) is 1.90. The fraction of sp³-hybridized carbons (Fsp3) is 0.214. The van der Waals surface area contributed by atoms with Crippen LogP contribution >= 0.6 is 15.9 Å². The number of carbonyl (C=O) groups is 1. The van der Waals surface area contributed by atoms with Crippen LogP contribution in [0.1, 0.15) is 27.9 Å². The zero-order chi connectivity index (χ0) is 14.7. The lowest BCUT2D eigenvalue weighted by Crippen LogP contribution is -2.18. The second kappa shape index (κ2) is 6.19. The maximum absolute atomic E-state index is 14.0. The summed E-state index contributed by atoms with van der Waals surface area (Å²) in [6.45, 7) is 0. The Labute approximate surface area is 124 Å². The van der Waals surface area contributed by atoms with Crippen LogP contribution in [0.5, 0.6) is 0 Å². The van der Waals surface area contributed by atoms with Gasteiger partial charge in [0, 0.05) is 10.0 Å². The van der Waals surface area contributed by atoms with Gasteiger partial charge < -0.3 is 14.5 Å². The van der Waals surface area contributed by atoms with E-state index in [4.69, 9.17) is 4.42 Å². The van der Waals surface area contributed by atoms with Gasteiger partial charge in [-0.1, -0.05) is 22.0 Å². The van der Waals surface area contributed by atoms with Crippen LogP contribution in [0.3, 0.4) is 0 Å². The molecule has 1 N–H and O–H groups in total. The quantitative estimate of drug-likeness (QED) is 0.867. The minimum absolute atomic E-state index is 0.0836. The molecule has 4 nitrogen and oxygen atoms in total. The first-order valence-electron chi connectivity index (χ1n) is 5.87. The van der Waals surface area contributed by atoms with E-state index in [0.717, 1.165) is 0 Å². The Morgan fingerprint density at radius 2 is 2.15 bits per heavy atom. The normalized spacial score (nSPS) is 12.2. The van der Waals surface area contributed by atoms with E-state index in [1.807, 2.05) is 0 Å². The first kappa shape index (κ1) is 14.7. The Morgan fingerprint density at radius 3 is 2.75 bits per heavy atom. The molecule has 0 saturated carbocycles. The summed E-state index contributed by atoms with van der Waals surface area (Å²) in [5, 5.41) is 2.96. The van der Waals surface area contributed by atoms with Crippen molar-refractivity contribution in [3.8, 4) is 0 Å². The van der Waals surface area contributed by atoms with E-state index < -0.39 is 12.0 Å². The Balaban J connectivity index is 2.37. The number of ether oxygens (including phenoxy) is 1. The summed E-state index contributed by atoms with van der Waals surface area (Å²) < 4.78 is 24.6. The maximum Gasteiger partial charge on any atom is 0.373 e. The van der Waals surface area contributed by atoms with Crippen LogP contribution in [-0.2, 0) is 4.74 Å².